The Kier molecular flexibility index (Phi) is 4.84. The van der Waals surface area contributed by atoms with Crippen molar-refractivity contribution in [2.24, 2.45) is 0 Å². The highest BCUT2D eigenvalue weighted by atomic mass is 16.5. The highest BCUT2D eigenvalue weighted by molar-refractivity contribution is 5.73. The van der Waals surface area contributed by atoms with Gasteiger partial charge in [-0.15, -0.1) is 5.10 Å². The first-order chi connectivity index (χ1) is 13.2. The van der Waals surface area contributed by atoms with Crippen LogP contribution >= 0.6 is 0 Å². The molecule has 138 valence electrons. The quantitative estimate of drug-likeness (QED) is 0.681. The average Bonchev–Trinajstić information content (AvgIpc) is 3.17. The molecule has 1 aliphatic rings. The van der Waals surface area contributed by atoms with Crippen LogP contribution in [0.25, 0.3) is 22.8 Å². The highest BCUT2D eigenvalue weighted by Crippen LogP contribution is 2.17. The molecule has 1 fully saturated rings. The Labute approximate surface area is 156 Å². The minimum atomic E-state index is -0.0972. The Morgan fingerprint density at radius 1 is 1.22 bits per heavy atom. The van der Waals surface area contributed by atoms with Gasteiger partial charge in [-0.3, -0.25) is 9.78 Å². The van der Waals surface area contributed by atoms with Gasteiger partial charge in [0.25, 0.3) is 0 Å². The van der Waals surface area contributed by atoms with Gasteiger partial charge in [-0.2, -0.15) is 0 Å². The van der Waals surface area contributed by atoms with Gasteiger partial charge in [-0.05, 0) is 12.1 Å². The summed E-state index contributed by atoms with van der Waals surface area (Å²) in [5, 5.41) is 8.34. The molecule has 4 heterocycles. The molecule has 4 rings (SSSR count). The van der Waals surface area contributed by atoms with Gasteiger partial charge in [-0.1, -0.05) is 11.3 Å². The Balaban J connectivity index is 1.44. The lowest BCUT2D eigenvalue weighted by molar-refractivity contribution is -0.136. The molecule has 0 spiro atoms. The second-order valence-corrected chi connectivity index (χ2v) is 6.29. The van der Waals surface area contributed by atoms with E-state index in [-0.39, 0.29) is 12.0 Å². The largest absolute Gasteiger partial charge is 0.373 e. The van der Waals surface area contributed by atoms with Crippen molar-refractivity contribution in [3.63, 3.8) is 0 Å². The van der Waals surface area contributed by atoms with E-state index in [1.165, 1.54) is 0 Å². The first-order valence-corrected chi connectivity index (χ1v) is 8.70. The van der Waals surface area contributed by atoms with Gasteiger partial charge in [0.2, 0.25) is 5.91 Å². The van der Waals surface area contributed by atoms with Crippen molar-refractivity contribution in [3.8, 4) is 22.8 Å². The number of morpholine rings is 1. The van der Waals surface area contributed by atoms with Crippen LogP contribution in [-0.4, -0.2) is 66.6 Å². The van der Waals surface area contributed by atoms with E-state index in [2.05, 4.69) is 25.3 Å². The summed E-state index contributed by atoms with van der Waals surface area (Å²) in [5.74, 6) is 0.624. The van der Waals surface area contributed by atoms with Crippen molar-refractivity contribution >= 4 is 5.91 Å². The third kappa shape index (κ3) is 3.98. The summed E-state index contributed by atoms with van der Waals surface area (Å²) in [7, 11) is 0. The predicted octanol–water partition coefficient (Wildman–Crippen LogP) is 1.04. The van der Waals surface area contributed by atoms with E-state index < -0.39 is 0 Å². The molecular weight excluding hydrogens is 346 g/mol. The molecule has 9 heteroatoms. The normalized spacial score (nSPS) is 17.1. The number of ether oxygens (including phenoxy) is 1. The molecule has 1 aliphatic heterocycles. The second kappa shape index (κ2) is 7.58. The molecule has 0 bridgehead atoms. The van der Waals surface area contributed by atoms with E-state index in [1.807, 2.05) is 24.4 Å². The second-order valence-electron chi connectivity index (χ2n) is 6.29. The number of amides is 1. The van der Waals surface area contributed by atoms with E-state index in [0.29, 0.717) is 37.8 Å². The van der Waals surface area contributed by atoms with Crippen LogP contribution in [0, 0.1) is 0 Å². The van der Waals surface area contributed by atoms with Gasteiger partial charge in [0, 0.05) is 44.2 Å². The molecule has 3 aromatic heterocycles. The van der Waals surface area contributed by atoms with Crippen LogP contribution in [0.15, 0.2) is 43.0 Å². The molecule has 27 heavy (non-hydrogen) atoms. The highest BCUT2D eigenvalue weighted by Gasteiger charge is 2.23. The Morgan fingerprint density at radius 2 is 2.07 bits per heavy atom. The van der Waals surface area contributed by atoms with Crippen LogP contribution in [0.1, 0.15) is 6.92 Å². The van der Waals surface area contributed by atoms with Crippen molar-refractivity contribution in [2.75, 3.05) is 19.7 Å². The van der Waals surface area contributed by atoms with E-state index in [0.717, 1.165) is 11.3 Å². The number of hydrogen-bond donors (Lipinski definition) is 0. The summed E-state index contributed by atoms with van der Waals surface area (Å²) in [6.07, 6.45) is 6.86. The number of carbonyl (C=O) groups excluding carboxylic acids is 1. The number of aromatic nitrogens is 6. The summed E-state index contributed by atoms with van der Waals surface area (Å²) in [4.78, 5) is 26.3. The van der Waals surface area contributed by atoms with E-state index >= 15 is 0 Å². The fraction of sp³-hybridized carbons (Fsp3) is 0.333. The lowest BCUT2D eigenvalue weighted by atomic mass is 10.2. The maximum Gasteiger partial charge on any atom is 0.219 e. The SMILES string of the molecule is CC(=O)N1CCOC(Cn2cc(-c3cnc(-c4ccccn4)nc3)nn2)C1. The van der Waals surface area contributed by atoms with Gasteiger partial charge in [0.1, 0.15) is 11.4 Å². The zero-order valence-corrected chi connectivity index (χ0v) is 14.9. The van der Waals surface area contributed by atoms with Crippen LogP contribution in [0.2, 0.25) is 0 Å². The summed E-state index contributed by atoms with van der Waals surface area (Å²) < 4.78 is 7.45. The molecule has 1 saturated heterocycles. The minimum absolute atomic E-state index is 0.0627. The molecule has 0 aromatic carbocycles. The maximum absolute atomic E-state index is 11.5. The van der Waals surface area contributed by atoms with Gasteiger partial charge in [0.05, 0.1) is 25.5 Å². The van der Waals surface area contributed by atoms with Gasteiger partial charge < -0.3 is 9.64 Å². The standard InChI is InChI=1S/C18H19N7O2/c1-13(26)24-6-7-27-15(10-24)11-25-12-17(22-23-25)14-8-20-18(21-9-14)16-4-2-3-5-19-16/h2-5,8-9,12,15H,6-7,10-11H2,1H3. The fourth-order valence-electron chi connectivity index (χ4n) is 2.93. The lowest BCUT2D eigenvalue weighted by Crippen LogP contribution is -2.46. The minimum Gasteiger partial charge on any atom is -0.373 e. The molecule has 0 radical (unpaired) electrons. The molecule has 3 aromatic rings. The topological polar surface area (TPSA) is 98.9 Å². The molecule has 0 saturated carbocycles. The zero-order chi connectivity index (χ0) is 18.6. The Morgan fingerprint density at radius 3 is 2.81 bits per heavy atom. The average molecular weight is 365 g/mol. The van der Waals surface area contributed by atoms with E-state index in [4.69, 9.17) is 4.74 Å². The number of pyridine rings is 1. The van der Waals surface area contributed by atoms with Gasteiger partial charge >= 0.3 is 0 Å². The zero-order valence-electron chi connectivity index (χ0n) is 14.9. The molecular formula is C18H19N7O2. The number of rotatable bonds is 4. The van der Waals surface area contributed by atoms with Gasteiger partial charge in [0.15, 0.2) is 5.82 Å². The van der Waals surface area contributed by atoms with Crippen LogP contribution < -0.4 is 0 Å². The van der Waals surface area contributed by atoms with Crippen molar-refractivity contribution in [1.29, 1.82) is 0 Å². The molecule has 0 N–H and O–H groups in total. The third-order valence-corrected chi connectivity index (χ3v) is 4.36. The number of carbonyl (C=O) groups is 1. The molecule has 1 unspecified atom stereocenters. The number of nitrogens with zero attached hydrogens (tertiary/aromatic N) is 7. The van der Waals surface area contributed by atoms with Crippen molar-refractivity contribution < 1.29 is 9.53 Å². The van der Waals surface area contributed by atoms with Crippen molar-refractivity contribution in [1.82, 2.24) is 34.8 Å². The Hall–Kier alpha value is -3.20. The molecule has 9 nitrogen and oxygen atoms in total. The van der Waals surface area contributed by atoms with Gasteiger partial charge in [-0.25, -0.2) is 14.6 Å². The summed E-state index contributed by atoms with van der Waals surface area (Å²) in [6.45, 7) is 3.84. The van der Waals surface area contributed by atoms with E-state index in [9.17, 15) is 4.79 Å². The van der Waals surface area contributed by atoms with Crippen LogP contribution in [0.4, 0.5) is 0 Å². The third-order valence-electron chi connectivity index (χ3n) is 4.36. The summed E-state index contributed by atoms with van der Waals surface area (Å²) in [6, 6.07) is 5.60. The van der Waals surface area contributed by atoms with Crippen molar-refractivity contribution in [3.05, 3.63) is 43.0 Å². The number of hydrogen-bond acceptors (Lipinski definition) is 7. The molecule has 1 amide bonds. The first kappa shape index (κ1) is 17.2. The smallest absolute Gasteiger partial charge is 0.219 e. The summed E-state index contributed by atoms with van der Waals surface area (Å²) in [5.41, 5.74) is 2.18. The van der Waals surface area contributed by atoms with Crippen LogP contribution in [-0.2, 0) is 16.1 Å². The molecule has 0 aliphatic carbocycles. The Bertz CT molecular complexity index is 911. The van der Waals surface area contributed by atoms with Crippen LogP contribution in [0.5, 0.6) is 0 Å². The summed E-state index contributed by atoms with van der Waals surface area (Å²) >= 11 is 0. The molecule has 1 atom stereocenters. The lowest BCUT2D eigenvalue weighted by Gasteiger charge is -2.32. The predicted molar refractivity (Wildman–Crippen MR) is 96.3 cm³/mol. The maximum atomic E-state index is 11.5. The fourth-order valence-corrected chi connectivity index (χ4v) is 2.93. The van der Waals surface area contributed by atoms with Crippen molar-refractivity contribution in [2.45, 2.75) is 19.6 Å². The van der Waals surface area contributed by atoms with Crippen LogP contribution in [0.3, 0.4) is 0 Å². The first-order valence-electron chi connectivity index (χ1n) is 8.70. The monoisotopic (exact) mass is 365 g/mol. The van der Waals surface area contributed by atoms with E-state index in [1.54, 1.807) is 35.1 Å².